The standard InChI is InChI=1S/C22H34FN3O2.HI/c1-2-24-22(25-12-9-18-6-5-7-19(23)16-18)26-13-10-20(11-14-26)28-17-21-8-3-4-15-27-21;/h5-7,16,20-21H,2-4,8-15,17H2,1H3,(H,24,25);1H. The lowest BCUT2D eigenvalue weighted by Gasteiger charge is -2.35. The fourth-order valence-corrected chi connectivity index (χ4v) is 3.83. The van der Waals surface area contributed by atoms with Crippen molar-refractivity contribution in [2.24, 2.45) is 4.99 Å². The molecule has 1 atom stereocenters. The minimum absolute atomic E-state index is 0. The molecule has 0 radical (unpaired) electrons. The van der Waals surface area contributed by atoms with Crippen molar-refractivity contribution in [1.29, 1.82) is 0 Å². The Morgan fingerprint density at radius 3 is 2.79 bits per heavy atom. The first-order valence-electron chi connectivity index (χ1n) is 10.8. The number of rotatable bonds is 7. The van der Waals surface area contributed by atoms with Gasteiger partial charge in [0.1, 0.15) is 5.82 Å². The Kier molecular flexibility index (Phi) is 11.2. The number of ether oxygens (including phenoxy) is 2. The van der Waals surface area contributed by atoms with Crippen molar-refractivity contribution in [1.82, 2.24) is 10.2 Å². The average molecular weight is 519 g/mol. The van der Waals surface area contributed by atoms with Crippen LogP contribution in [0, 0.1) is 5.82 Å². The predicted octanol–water partition coefficient (Wildman–Crippen LogP) is 4.00. The SMILES string of the molecule is CCNC(=NCCc1cccc(F)c1)N1CCC(OCC2CCCCO2)CC1.I. The molecule has 29 heavy (non-hydrogen) atoms. The molecule has 5 nitrogen and oxygen atoms in total. The minimum atomic E-state index is -0.186. The van der Waals surface area contributed by atoms with Crippen LogP contribution in [0.2, 0.25) is 0 Å². The Morgan fingerprint density at radius 1 is 1.28 bits per heavy atom. The molecule has 164 valence electrons. The van der Waals surface area contributed by atoms with E-state index >= 15 is 0 Å². The van der Waals surface area contributed by atoms with E-state index in [1.165, 1.54) is 18.9 Å². The molecule has 0 aliphatic carbocycles. The number of aliphatic imine (C=N–C) groups is 1. The van der Waals surface area contributed by atoms with Gasteiger partial charge in [0.25, 0.3) is 0 Å². The van der Waals surface area contributed by atoms with Crippen LogP contribution in [0.3, 0.4) is 0 Å². The first-order valence-corrected chi connectivity index (χ1v) is 10.8. The molecular weight excluding hydrogens is 484 g/mol. The van der Waals surface area contributed by atoms with Crippen LogP contribution in [0.4, 0.5) is 4.39 Å². The van der Waals surface area contributed by atoms with Crippen LogP contribution in [0.25, 0.3) is 0 Å². The maximum absolute atomic E-state index is 13.3. The van der Waals surface area contributed by atoms with Gasteiger partial charge in [0.05, 0.1) is 18.8 Å². The Bertz CT molecular complexity index is 618. The normalized spacial score (nSPS) is 21.0. The zero-order chi connectivity index (χ0) is 19.6. The van der Waals surface area contributed by atoms with E-state index < -0.39 is 0 Å². The molecule has 1 unspecified atom stereocenters. The number of piperidine rings is 1. The van der Waals surface area contributed by atoms with Crippen LogP contribution < -0.4 is 5.32 Å². The largest absolute Gasteiger partial charge is 0.376 e. The molecule has 0 amide bonds. The second-order valence-corrected chi connectivity index (χ2v) is 7.62. The lowest BCUT2D eigenvalue weighted by molar-refractivity contribution is -0.0721. The van der Waals surface area contributed by atoms with Crippen molar-refractivity contribution in [3.8, 4) is 0 Å². The highest BCUT2D eigenvalue weighted by Crippen LogP contribution is 2.18. The first kappa shape index (κ1) is 24.3. The lowest BCUT2D eigenvalue weighted by atomic mass is 10.1. The highest BCUT2D eigenvalue weighted by atomic mass is 127. The van der Waals surface area contributed by atoms with Crippen LogP contribution in [0.5, 0.6) is 0 Å². The van der Waals surface area contributed by atoms with Gasteiger partial charge in [-0.2, -0.15) is 0 Å². The first-order chi connectivity index (χ1) is 13.7. The molecule has 1 N–H and O–H groups in total. The maximum atomic E-state index is 13.3. The molecule has 2 aliphatic rings. The van der Waals surface area contributed by atoms with E-state index in [-0.39, 0.29) is 35.9 Å². The highest BCUT2D eigenvalue weighted by molar-refractivity contribution is 14.0. The van der Waals surface area contributed by atoms with Gasteiger partial charge < -0.3 is 19.7 Å². The number of likely N-dealkylation sites (tertiary alicyclic amines) is 1. The molecule has 0 aromatic heterocycles. The highest BCUT2D eigenvalue weighted by Gasteiger charge is 2.23. The lowest BCUT2D eigenvalue weighted by Crippen LogP contribution is -2.47. The minimum Gasteiger partial charge on any atom is -0.376 e. The van der Waals surface area contributed by atoms with Gasteiger partial charge in [0.2, 0.25) is 0 Å². The Balaban J connectivity index is 0.00000300. The van der Waals surface area contributed by atoms with Gasteiger partial charge in [-0.1, -0.05) is 12.1 Å². The number of nitrogens with one attached hydrogen (secondary N) is 1. The Labute approximate surface area is 191 Å². The van der Waals surface area contributed by atoms with Gasteiger partial charge in [-0.05, 0) is 63.1 Å². The molecule has 2 saturated heterocycles. The molecule has 2 aliphatic heterocycles. The molecule has 3 rings (SSSR count). The molecule has 0 bridgehead atoms. The maximum Gasteiger partial charge on any atom is 0.193 e. The van der Waals surface area contributed by atoms with Gasteiger partial charge in [-0.25, -0.2) is 4.39 Å². The third kappa shape index (κ3) is 8.38. The number of guanidine groups is 1. The van der Waals surface area contributed by atoms with Gasteiger partial charge in [-0.15, -0.1) is 24.0 Å². The summed E-state index contributed by atoms with van der Waals surface area (Å²) in [6, 6.07) is 6.76. The van der Waals surface area contributed by atoms with Crippen molar-refractivity contribution in [2.75, 3.05) is 39.4 Å². The smallest absolute Gasteiger partial charge is 0.193 e. The van der Waals surface area contributed by atoms with E-state index in [2.05, 4.69) is 17.1 Å². The summed E-state index contributed by atoms with van der Waals surface area (Å²) in [4.78, 5) is 7.07. The van der Waals surface area contributed by atoms with Crippen LogP contribution in [0.1, 0.15) is 44.6 Å². The summed E-state index contributed by atoms with van der Waals surface area (Å²) in [6.07, 6.45) is 6.94. The van der Waals surface area contributed by atoms with Crippen molar-refractivity contribution in [3.05, 3.63) is 35.6 Å². The van der Waals surface area contributed by atoms with Crippen molar-refractivity contribution in [2.45, 2.75) is 57.7 Å². The van der Waals surface area contributed by atoms with Crippen molar-refractivity contribution >= 4 is 29.9 Å². The van der Waals surface area contributed by atoms with E-state index in [9.17, 15) is 4.39 Å². The second-order valence-electron chi connectivity index (χ2n) is 7.62. The number of hydrogen-bond acceptors (Lipinski definition) is 3. The summed E-state index contributed by atoms with van der Waals surface area (Å²) >= 11 is 0. The molecule has 1 aromatic rings. The molecule has 1 aromatic carbocycles. The van der Waals surface area contributed by atoms with Gasteiger partial charge in [-0.3, -0.25) is 4.99 Å². The Morgan fingerprint density at radius 2 is 2.10 bits per heavy atom. The van der Waals surface area contributed by atoms with Crippen molar-refractivity contribution in [3.63, 3.8) is 0 Å². The van der Waals surface area contributed by atoms with Crippen LogP contribution in [0.15, 0.2) is 29.3 Å². The van der Waals surface area contributed by atoms with Gasteiger partial charge in [0.15, 0.2) is 5.96 Å². The zero-order valence-corrected chi connectivity index (χ0v) is 19.8. The monoisotopic (exact) mass is 519 g/mol. The fourth-order valence-electron chi connectivity index (χ4n) is 3.83. The van der Waals surface area contributed by atoms with Crippen LogP contribution in [-0.4, -0.2) is 62.5 Å². The summed E-state index contributed by atoms with van der Waals surface area (Å²) in [7, 11) is 0. The van der Waals surface area contributed by atoms with Crippen LogP contribution >= 0.6 is 24.0 Å². The summed E-state index contributed by atoms with van der Waals surface area (Å²) < 4.78 is 25.2. The molecule has 0 spiro atoms. The number of nitrogens with zero attached hydrogens (tertiary/aromatic N) is 2. The van der Waals surface area contributed by atoms with E-state index in [4.69, 9.17) is 14.5 Å². The quantitative estimate of drug-likeness (QED) is 0.336. The predicted molar refractivity (Wildman–Crippen MR) is 126 cm³/mol. The van der Waals surface area contributed by atoms with Gasteiger partial charge in [0, 0.05) is 32.8 Å². The average Bonchev–Trinajstić information content (AvgIpc) is 2.73. The van der Waals surface area contributed by atoms with E-state index in [1.54, 1.807) is 12.1 Å². The summed E-state index contributed by atoms with van der Waals surface area (Å²) in [6.45, 7) is 7.08. The molecule has 7 heteroatoms. The van der Waals surface area contributed by atoms with Crippen LogP contribution in [-0.2, 0) is 15.9 Å². The van der Waals surface area contributed by atoms with E-state index in [0.29, 0.717) is 12.6 Å². The molecule has 2 heterocycles. The number of halogens is 2. The molecule has 2 fully saturated rings. The topological polar surface area (TPSA) is 46.1 Å². The second kappa shape index (κ2) is 13.4. The zero-order valence-electron chi connectivity index (χ0n) is 17.4. The number of hydrogen-bond donors (Lipinski definition) is 1. The number of benzene rings is 1. The fraction of sp³-hybridized carbons (Fsp3) is 0.682. The van der Waals surface area contributed by atoms with E-state index in [0.717, 1.165) is 70.1 Å². The third-order valence-corrected chi connectivity index (χ3v) is 5.42. The third-order valence-electron chi connectivity index (χ3n) is 5.42. The summed E-state index contributed by atoms with van der Waals surface area (Å²) in [5, 5.41) is 3.39. The van der Waals surface area contributed by atoms with Crippen molar-refractivity contribution < 1.29 is 13.9 Å². The summed E-state index contributed by atoms with van der Waals surface area (Å²) in [5.74, 6) is 0.766. The van der Waals surface area contributed by atoms with Gasteiger partial charge >= 0.3 is 0 Å². The molecular formula is C22H35FIN3O2. The molecule has 0 saturated carbocycles. The Hall–Kier alpha value is -0.930. The summed E-state index contributed by atoms with van der Waals surface area (Å²) in [5.41, 5.74) is 0.983. The van der Waals surface area contributed by atoms with E-state index in [1.807, 2.05) is 6.07 Å².